The molecule has 0 spiro atoms. The lowest BCUT2D eigenvalue weighted by atomic mass is 10.2. The van der Waals surface area contributed by atoms with Crippen LogP contribution in [-0.2, 0) is 0 Å². The molecule has 110 valence electrons. The molecule has 3 N–H and O–H groups in total. The first kappa shape index (κ1) is 14.6. The van der Waals surface area contributed by atoms with Crippen LogP contribution in [0.3, 0.4) is 0 Å². The molecule has 6 nitrogen and oxygen atoms in total. The number of rotatable bonds is 5. The van der Waals surface area contributed by atoms with Crippen molar-refractivity contribution in [2.75, 3.05) is 31.6 Å². The zero-order valence-electron chi connectivity index (χ0n) is 12.2. The maximum Gasteiger partial charge on any atom is 0.173 e. The lowest BCUT2D eigenvalue weighted by molar-refractivity contribution is 0.270. The standard InChI is InChI=1S/C14H23N5O/c1-3-19-9-5-6-11(19)10-18(2)14-12(13(15)17-20)7-4-8-16-14/h4,7-8,11,20H,3,5-6,9-10H2,1-2H3,(H2,15,17). The van der Waals surface area contributed by atoms with E-state index in [2.05, 4.69) is 26.9 Å². The third-order valence-corrected chi connectivity index (χ3v) is 3.92. The molecule has 6 heteroatoms. The van der Waals surface area contributed by atoms with Crippen LogP contribution in [0.5, 0.6) is 0 Å². The van der Waals surface area contributed by atoms with Crippen LogP contribution in [0, 0.1) is 0 Å². The first-order valence-electron chi connectivity index (χ1n) is 7.05. The maximum atomic E-state index is 8.87. The van der Waals surface area contributed by atoms with Gasteiger partial charge >= 0.3 is 0 Å². The van der Waals surface area contributed by atoms with Gasteiger partial charge in [-0.3, -0.25) is 4.90 Å². The van der Waals surface area contributed by atoms with Crippen molar-refractivity contribution in [3.63, 3.8) is 0 Å². The Kier molecular flexibility index (Phi) is 4.79. The van der Waals surface area contributed by atoms with Crippen LogP contribution < -0.4 is 10.6 Å². The van der Waals surface area contributed by atoms with Crippen molar-refractivity contribution in [2.45, 2.75) is 25.8 Å². The molecule has 1 aliphatic heterocycles. The molecule has 1 fully saturated rings. The van der Waals surface area contributed by atoms with Crippen LogP contribution in [0.4, 0.5) is 5.82 Å². The molecule has 1 atom stereocenters. The summed E-state index contributed by atoms with van der Waals surface area (Å²) in [6, 6.07) is 4.16. The van der Waals surface area contributed by atoms with E-state index in [1.165, 1.54) is 19.4 Å². The summed E-state index contributed by atoms with van der Waals surface area (Å²) < 4.78 is 0. The lowest BCUT2D eigenvalue weighted by Gasteiger charge is -2.29. The normalized spacial score (nSPS) is 20.3. The second-order valence-corrected chi connectivity index (χ2v) is 5.16. The summed E-state index contributed by atoms with van der Waals surface area (Å²) in [5, 5.41) is 11.9. The van der Waals surface area contributed by atoms with E-state index < -0.39 is 0 Å². The van der Waals surface area contributed by atoms with Gasteiger partial charge in [-0.15, -0.1) is 0 Å². The van der Waals surface area contributed by atoms with Crippen LogP contribution in [-0.4, -0.2) is 53.7 Å². The largest absolute Gasteiger partial charge is 0.409 e. The smallest absolute Gasteiger partial charge is 0.173 e. The van der Waals surface area contributed by atoms with Gasteiger partial charge in [0.25, 0.3) is 0 Å². The molecule has 1 saturated heterocycles. The zero-order valence-corrected chi connectivity index (χ0v) is 12.2. The fourth-order valence-corrected chi connectivity index (χ4v) is 2.88. The van der Waals surface area contributed by atoms with Crippen molar-refractivity contribution in [1.82, 2.24) is 9.88 Å². The second-order valence-electron chi connectivity index (χ2n) is 5.16. The van der Waals surface area contributed by atoms with Gasteiger partial charge in [-0.2, -0.15) is 0 Å². The lowest BCUT2D eigenvalue weighted by Crippen LogP contribution is -2.39. The number of amidine groups is 1. The minimum atomic E-state index is 0.0960. The minimum absolute atomic E-state index is 0.0960. The van der Waals surface area contributed by atoms with E-state index in [0.717, 1.165) is 18.9 Å². The molecule has 1 aromatic heterocycles. The molecule has 0 amide bonds. The summed E-state index contributed by atoms with van der Waals surface area (Å²) in [7, 11) is 2.00. The number of anilines is 1. The van der Waals surface area contributed by atoms with Crippen LogP contribution >= 0.6 is 0 Å². The fraction of sp³-hybridized carbons (Fsp3) is 0.571. The van der Waals surface area contributed by atoms with Gasteiger partial charge in [0.05, 0.1) is 5.56 Å². The number of nitrogens with zero attached hydrogens (tertiary/aromatic N) is 4. The van der Waals surface area contributed by atoms with E-state index >= 15 is 0 Å². The number of likely N-dealkylation sites (N-methyl/N-ethyl adjacent to an activating group) is 2. The van der Waals surface area contributed by atoms with E-state index in [0.29, 0.717) is 11.6 Å². The molecule has 1 aliphatic rings. The van der Waals surface area contributed by atoms with Crippen molar-refractivity contribution >= 4 is 11.7 Å². The first-order valence-corrected chi connectivity index (χ1v) is 7.05. The van der Waals surface area contributed by atoms with Crippen molar-refractivity contribution in [2.24, 2.45) is 10.9 Å². The van der Waals surface area contributed by atoms with Crippen molar-refractivity contribution in [3.05, 3.63) is 23.9 Å². The summed E-state index contributed by atoms with van der Waals surface area (Å²) in [6.45, 7) is 5.34. The van der Waals surface area contributed by atoms with E-state index in [-0.39, 0.29) is 5.84 Å². The van der Waals surface area contributed by atoms with Crippen molar-refractivity contribution in [1.29, 1.82) is 0 Å². The SMILES string of the molecule is CCN1CCCC1CN(C)c1ncccc1C(N)=NO. The highest BCUT2D eigenvalue weighted by atomic mass is 16.4. The molecule has 2 rings (SSSR count). The Balaban J connectivity index is 2.15. The van der Waals surface area contributed by atoms with Crippen LogP contribution in [0.2, 0.25) is 0 Å². The fourth-order valence-electron chi connectivity index (χ4n) is 2.88. The number of hydrogen-bond acceptors (Lipinski definition) is 5. The summed E-state index contributed by atoms with van der Waals surface area (Å²) in [5.74, 6) is 0.851. The Morgan fingerprint density at radius 1 is 1.65 bits per heavy atom. The second kappa shape index (κ2) is 6.56. The summed E-state index contributed by atoms with van der Waals surface area (Å²) >= 11 is 0. The maximum absolute atomic E-state index is 8.87. The van der Waals surface area contributed by atoms with E-state index in [1.54, 1.807) is 12.3 Å². The van der Waals surface area contributed by atoms with E-state index in [9.17, 15) is 0 Å². The van der Waals surface area contributed by atoms with Gasteiger partial charge in [-0.25, -0.2) is 4.98 Å². The molecule has 2 heterocycles. The molecule has 0 aliphatic carbocycles. The summed E-state index contributed by atoms with van der Waals surface area (Å²) in [5.41, 5.74) is 6.38. The van der Waals surface area contributed by atoms with Crippen LogP contribution in [0.1, 0.15) is 25.3 Å². The molecule has 1 unspecified atom stereocenters. The Labute approximate surface area is 119 Å². The van der Waals surface area contributed by atoms with E-state index in [1.807, 2.05) is 13.1 Å². The quantitative estimate of drug-likeness (QED) is 0.365. The highest BCUT2D eigenvalue weighted by Gasteiger charge is 2.25. The average Bonchev–Trinajstić information content (AvgIpc) is 2.93. The van der Waals surface area contributed by atoms with Gasteiger partial charge < -0.3 is 15.8 Å². The number of hydrogen-bond donors (Lipinski definition) is 2. The molecule has 20 heavy (non-hydrogen) atoms. The predicted octanol–water partition coefficient (Wildman–Crippen LogP) is 1.10. The van der Waals surface area contributed by atoms with Gasteiger partial charge in [0.15, 0.2) is 5.84 Å². The molecule has 0 bridgehead atoms. The number of pyridine rings is 1. The van der Waals surface area contributed by atoms with Crippen molar-refractivity contribution in [3.8, 4) is 0 Å². The number of aromatic nitrogens is 1. The molecular formula is C14H23N5O. The van der Waals surface area contributed by atoms with Gasteiger partial charge in [0, 0.05) is 25.8 Å². The number of likely N-dealkylation sites (tertiary alicyclic amines) is 1. The van der Waals surface area contributed by atoms with E-state index in [4.69, 9.17) is 10.9 Å². The van der Waals surface area contributed by atoms with Crippen LogP contribution in [0.15, 0.2) is 23.5 Å². The predicted molar refractivity (Wildman–Crippen MR) is 80.3 cm³/mol. The Hall–Kier alpha value is -1.82. The topological polar surface area (TPSA) is 78.0 Å². The zero-order chi connectivity index (χ0) is 14.5. The average molecular weight is 277 g/mol. The minimum Gasteiger partial charge on any atom is -0.409 e. The van der Waals surface area contributed by atoms with Gasteiger partial charge in [0.2, 0.25) is 0 Å². The molecular weight excluding hydrogens is 254 g/mol. The summed E-state index contributed by atoms with van der Waals surface area (Å²) in [6.07, 6.45) is 4.19. The molecule has 0 saturated carbocycles. The Morgan fingerprint density at radius 3 is 3.15 bits per heavy atom. The van der Waals surface area contributed by atoms with Gasteiger partial charge in [0.1, 0.15) is 5.82 Å². The number of nitrogens with two attached hydrogens (primary N) is 1. The number of oxime groups is 1. The third-order valence-electron chi connectivity index (χ3n) is 3.92. The monoisotopic (exact) mass is 277 g/mol. The molecule has 1 aromatic rings. The summed E-state index contributed by atoms with van der Waals surface area (Å²) in [4.78, 5) is 8.95. The third kappa shape index (κ3) is 3.01. The Bertz CT molecular complexity index is 476. The van der Waals surface area contributed by atoms with Gasteiger partial charge in [-0.05, 0) is 38.1 Å². The Morgan fingerprint density at radius 2 is 2.45 bits per heavy atom. The highest BCUT2D eigenvalue weighted by molar-refractivity contribution is 6.01. The van der Waals surface area contributed by atoms with Crippen molar-refractivity contribution < 1.29 is 5.21 Å². The molecule has 0 aromatic carbocycles. The van der Waals surface area contributed by atoms with Gasteiger partial charge in [-0.1, -0.05) is 12.1 Å². The van der Waals surface area contributed by atoms with Crippen LogP contribution in [0.25, 0.3) is 0 Å². The highest BCUT2D eigenvalue weighted by Crippen LogP contribution is 2.21. The first-order chi connectivity index (χ1) is 9.67. The molecule has 0 radical (unpaired) electrons.